The van der Waals surface area contributed by atoms with Gasteiger partial charge in [0.1, 0.15) is 11.5 Å². The number of hydrogen-bond acceptors (Lipinski definition) is 9. The molecule has 5 N–H and O–H groups in total. The van der Waals surface area contributed by atoms with Crippen molar-refractivity contribution >= 4 is 23.2 Å². The van der Waals surface area contributed by atoms with Crippen LogP contribution < -0.4 is 10.6 Å². The second kappa shape index (κ2) is 10.5. The highest BCUT2D eigenvalue weighted by Gasteiger charge is 2.61. The van der Waals surface area contributed by atoms with Crippen LogP contribution in [0.4, 0.5) is 5.69 Å². The number of nitrogens with zero attached hydrogens (tertiary/aromatic N) is 3. The van der Waals surface area contributed by atoms with Crippen molar-refractivity contribution in [3.8, 4) is 5.75 Å². The molecule has 4 atom stereocenters. The Labute approximate surface area is 252 Å². The first kappa shape index (κ1) is 29.8. The standard InChI is InChI=1S/C33H44N4O6/c1-35(2)23-15-19(17-37-11-9-32(10-12-37)7-5-6-8-32)27(38)26-20(23)13-18-14-22-24(36(3)4)16-21(31(34)42)29(40)33(22,43)30(41)25(18)28(26)39/h15-16,18,22,24,38,41,43H,5-14,17H2,1-4H3,(H2,34,42)/t18-,22-,24+,33+/m0/s1. The summed E-state index contributed by atoms with van der Waals surface area (Å²) in [6.45, 7) is 2.38. The third-order valence-electron chi connectivity index (χ3n) is 11.1. The van der Waals surface area contributed by atoms with Gasteiger partial charge in [-0.25, -0.2) is 0 Å². The van der Waals surface area contributed by atoms with Crippen molar-refractivity contribution in [2.75, 3.05) is 46.2 Å². The Morgan fingerprint density at radius 1 is 1.07 bits per heavy atom. The molecule has 0 bridgehead atoms. The van der Waals surface area contributed by atoms with Crippen LogP contribution in [0.2, 0.25) is 0 Å². The number of amides is 1. The third kappa shape index (κ3) is 4.52. The Morgan fingerprint density at radius 2 is 1.72 bits per heavy atom. The van der Waals surface area contributed by atoms with Gasteiger partial charge < -0.3 is 30.9 Å². The quantitative estimate of drug-likeness (QED) is 0.379. The molecular weight excluding hydrogens is 548 g/mol. The molecule has 1 spiro atoms. The molecule has 0 radical (unpaired) electrons. The van der Waals surface area contributed by atoms with E-state index in [4.69, 9.17) is 5.73 Å². The van der Waals surface area contributed by atoms with Gasteiger partial charge in [0, 0.05) is 49.4 Å². The number of phenolic OH excluding ortho intramolecular Hbond substituents is 1. The van der Waals surface area contributed by atoms with Crippen LogP contribution in [0.5, 0.6) is 5.75 Å². The molecule has 1 aromatic rings. The number of aliphatic hydroxyl groups excluding tert-OH is 1. The summed E-state index contributed by atoms with van der Waals surface area (Å²) < 4.78 is 0. The number of aliphatic hydroxyl groups is 2. The van der Waals surface area contributed by atoms with Crippen molar-refractivity contribution in [1.29, 1.82) is 0 Å². The predicted octanol–water partition coefficient (Wildman–Crippen LogP) is 2.46. The van der Waals surface area contributed by atoms with Gasteiger partial charge in [-0.15, -0.1) is 0 Å². The summed E-state index contributed by atoms with van der Waals surface area (Å²) in [6.07, 6.45) is 9.53. The van der Waals surface area contributed by atoms with Gasteiger partial charge in [0.25, 0.3) is 5.91 Å². The Balaban J connectivity index is 1.40. The SMILES string of the molecule is CN(C)c1cc(CN2CCC3(CCCC3)CC2)c(O)c2c1C[C@H]1C[C@H]3[C@H](N(C)C)C=C(C(N)=O)C(=O)[C@@]3(O)C(O)=C1C2=O. The highest BCUT2D eigenvalue weighted by Crippen LogP contribution is 2.53. The van der Waals surface area contributed by atoms with Crippen LogP contribution in [0.3, 0.4) is 0 Å². The number of carbonyl (C=O) groups is 3. The number of Topliss-reactive ketones (excluding diaryl/α,β-unsaturated/α-hetero) is 2. The molecule has 0 unspecified atom stereocenters. The summed E-state index contributed by atoms with van der Waals surface area (Å²) in [4.78, 5) is 46.0. The van der Waals surface area contributed by atoms with Gasteiger partial charge in [-0.05, 0) is 88.7 Å². The number of phenols is 1. The lowest BCUT2D eigenvalue weighted by atomic mass is 9.59. The van der Waals surface area contributed by atoms with E-state index in [0.717, 1.165) is 31.6 Å². The van der Waals surface area contributed by atoms with E-state index >= 15 is 0 Å². The summed E-state index contributed by atoms with van der Waals surface area (Å²) >= 11 is 0. The van der Waals surface area contributed by atoms with Crippen LogP contribution in [-0.4, -0.2) is 95.5 Å². The highest BCUT2D eigenvalue weighted by molar-refractivity contribution is 6.24. The number of fused-ring (bicyclic) bond motifs is 3. The molecule has 1 heterocycles. The molecule has 43 heavy (non-hydrogen) atoms. The Bertz CT molecular complexity index is 1450. The monoisotopic (exact) mass is 592 g/mol. The summed E-state index contributed by atoms with van der Waals surface area (Å²) in [5.41, 5.74) is 5.30. The van der Waals surface area contributed by atoms with E-state index in [9.17, 15) is 29.7 Å². The number of hydrogen-bond donors (Lipinski definition) is 4. The average molecular weight is 593 g/mol. The molecule has 1 aliphatic heterocycles. The Hall–Kier alpha value is -3.21. The zero-order valence-corrected chi connectivity index (χ0v) is 25.7. The van der Waals surface area contributed by atoms with Crippen LogP contribution in [0.1, 0.15) is 66.4 Å². The van der Waals surface area contributed by atoms with Crippen LogP contribution in [0, 0.1) is 17.3 Å². The van der Waals surface area contributed by atoms with E-state index < -0.39 is 52.3 Å². The molecule has 232 valence electrons. The van der Waals surface area contributed by atoms with Crippen molar-refractivity contribution in [3.63, 3.8) is 0 Å². The lowest BCUT2D eigenvalue weighted by Gasteiger charge is -2.49. The maximum atomic E-state index is 14.3. The fraction of sp³-hybridized carbons (Fsp3) is 0.606. The summed E-state index contributed by atoms with van der Waals surface area (Å²) in [6, 6.07) is 1.39. The van der Waals surface area contributed by atoms with Crippen molar-refractivity contribution in [2.24, 2.45) is 23.0 Å². The minimum absolute atomic E-state index is 0.0684. The van der Waals surface area contributed by atoms with Gasteiger partial charge in [-0.1, -0.05) is 18.9 Å². The number of nitrogens with two attached hydrogens (primary N) is 1. The van der Waals surface area contributed by atoms with Gasteiger partial charge in [0.15, 0.2) is 11.4 Å². The number of rotatable bonds is 5. The number of anilines is 1. The van der Waals surface area contributed by atoms with Gasteiger partial charge >= 0.3 is 0 Å². The minimum atomic E-state index is -2.48. The van der Waals surface area contributed by atoms with Crippen molar-refractivity contribution in [2.45, 2.75) is 69.6 Å². The molecule has 1 aromatic carbocycles. The number of likely N-dealkylation sites (tertiary alicyclic amines) is 1. The van der Waals surface area contributed by atoms with Crippen LogP contribution in [-0.2, 0) is 22.6 Å². The number of ketones is 2. The van der Waals surface area contributed by atoms with Crippen LogP contribution in [0.25, 0.3) is 0 Å². The number of allylic oxidation sites excluding steroid dienone is 1. The number of primary amides is 1. The molecular formula is C33H44N4O6. The normalized spacial score (nSPS) is 30.3. The fourth-order valence-corrected chi connectivity index (χ4v) is 8.74. The van der Waals surface area contributed by atoms with E-state index in [1.807, 2.05) is 25.1 Å². The van der Waals surface area contributed by atoms with Crippen LogP contribution in [0.15, 0.2) is 29.0 Å². The van der Waals surface area contributed by atoms with Crippen molar-refractivity contribution in [3.05, 3.63) is 45.7 Å². The topological polar surface area (TPSA) is 148 Å². The molecule has 5 aliphatic rings. The van der Waals surface area contributed by atoms with E-state index in [-0.39, 0.29) is 23.3 Å². The molecule has 2 fully saturated rings. The lowest BCUT2D eigenvalue weighted by Crippen LogP contribution is -2.62. The number of carbonyl (C=O) groups excluding carboxylic acids is 3. The number of benzene rings is 1. The Kier molecular flexibility index (Phi) is 7.26. The first-order valence-corrected chi connectivity index (χ1v) is 15.5. The molecule has 1 amide bonds. The summed E-state index contributed by atoms with van der Waals surface area (Å²) in [7, 11) is 7.33. The molecule has 6 rings (SSSR count). The second-order valence-corrected chi connectivity index (χ2v) is 14.0. The first-order valence-electron chi connectivity index (χ1n) is 15.5. The van der Waals surface area contributed by atoms with Crippen molar-refractivity contribution in [1.82, 2.24) is 9.80 Å². The zero-order chi connectivity index (χ0) is 31.0. The average Bonchev–Trinajstić information content (AvgIpc) is 3.40. The van der Waals surface area contributed by atoms with Gasteiger partial charge in [-0.3, -0.25) is 19.3 Å². The molecule has 4 aliphatic carbocycles. The molecule has 10 heteroatoms. The number of aromatic hydroxyl groups is 1. The number of piperidine rings is 1. The summed E-state index contributed by atoms with van der Waals surface area (Å²) in [5.74, 6) is -4.73. The first-order chi connectivity index (χ1) is 20.3. The molecule has 1 saturated heterocycles. The lowest BCUT2D eigenvalue weighted by molar-refractivity contribution is -0.146. The van der Waals surface area contributed by atoms with Gasteiger partial charge in [-0.2, -0.15) is 0 Å². The number of likely N-dealkylation sites (N-methyl/N-ethyl adjacent to an activating group) is 1. The zero-order valence-electron chi connectivity index (χ0n) is 25.7. The summed E-state index contributed by atoms with van der Waals surface area (Å²) in [5, 5.41) is 35.1. The van der Waals surface area contributed by atoms with Gasteiger partial charge in [0.2, 0.25) is 5.78 Å². The molecule has 1 saturated carbocycles. The fourth-order valence-electron chi connectivity index (χ4n) is 8.74. The predicted molar refractivity (Wildman–Crippen MR) is 162 cm³/mol. The molecule has 10 nitrogen and oxygen atoms in total. The second-order valence-electron chi connectivity index (χ2n) is 14.0. The maximum Gasteiger partial charge on any atom is 0.252 e. The van der Waals surface area contributed by atoms with E-state index in [0.29, 0.717) is 29.5 Å². The smallest absolute Gasteiger partial charge is 0.252 e. The minimum Gasteiger partial charge on any atom is -0.508 e. The highest BCUT2D eigenvalue weighted by atomic mass is 16.3. The van der Waals surface area contributed by atoms with E-state index in [2.05, 4.69) is 4.90 Å². The maximum absolute atomic E-state index is 14.3. The van der Waals surface area contributed by atoms with E-state index in [1.165, 1.54) is 31.8 Å². The van der Waals surface area contributed by atoms with Crippen LogP contribution >= 0.6 is 0 Å². The Morgan fingerprint density at radius 3 is 2.30 bits per heavy atom. The third-order valence-corrected chi connectivity index (χ3v) is 11.1. The van der Waals surface area contributed by atoms with Crippen molar-refractivity contribution < 1.29 is 29.7 Å². The molecule has 0 aromatic heterocycles. The van der Waals surface area contributed by atoms with Gasteiger partial charge in [0.05, 0.1) is 11.1 Å². The largest absolute Gasteiger partial charge is 0.508 e. The van der Waals surface area contributed by atoms with E-state index in [1.54, 1.807) is 19.0 Å².